The first-order valence-corrected chi connectivity index (χ1v) is 6.62. The van der Waals surface area contributed by atoms with E-state index >= 15 is 0 Å². The van der Waals surface area contributed by atoms with Crippen LogP contribution in [0.1, 0.15) is 23.6 Å². The molecule has 0 saturated carbocycles. The largest absolute Gasteiger partial charge is 0.376 e. The molecule has 0 heterocycles. The number of benzene rings is 2. The number of anilines is 1. The number of nitrogens with one attached hydrogen (secondary N) is 1. The highest BCUT2D eigenvalue weighted by molar-refractivity contribution is 6.30. The molecule has 0 aliphatic heterocycles. The molecular weight excluding hydrogens is 287 g/mol. The van der Waals surface area contributed by atoms with Gasteiger partial charge in [-0.1, -0.05) is 17.7 Å². The van der Waals surface area contributed by atoms with E-state index in [0.29, 0.717) is 11.1 Å². The summed E-state index contributed by atoms with van der Waals surface area (Å²) >= 11 is 5.92. The normalized spacial score (nSPS) is 17.1. The summed E-state index contributed by atoms with van der Waals surface area (Å²) in [6, 6.07) is 6.79. The fourth-order valence-electron chi connectivity index (χ4n) is 2.56. The third kappa shape index (κ3) is 2.36. The van der Waals surface area contributed by atoms with Crippen molar-refractivity contribution in [2.45, 2.75) is 18.9 Å². The zero-order chi connectivity index (χ0) is 14.3. The molecule has 1 nitrogen and oxygen atoms in total. The Labute approximate surface area is 119 Å². The van der Waals surface area contributed by atoms with Crippen LogP contribution in [0, 0.1) is 17.5 Å². The van der Waals surface area contributed by atoms with E-state index in [2.05, 4.69) is 5.32 Å². The molecule has 0 radical (unpaired) electrons. The Hall–Kier alpha value is -1.68. The molecule has 104 valence electrons. The molecule has 1 atom stereocenters. The Morgan fingerprint density at radius 1 is 1.00 bits per heavy atom. The third-order valence-electron chi connectivity index (χ3n) is 3.52. The fraction of sp³-hybridized carbons (Fsp3) is 0.200. The lowest BCUT2D eigenvalue weighted by Crippen LogP contribution is -2.09. The van der Waals surface area contributed by atoms with E-state index in [1.165, 1.54) is 0 Å². The van der Waals surface area contributed by atoms with Crippen LogP contribution in [0.5, 0.6) is 0 Å². The van der Waals surface area contributed by atoms with Crippen LogP contribution < -0.4 is 5.32 Å². The van der Waals surface area contributed by atoms with E-state index in [4.69, 9.17) is 11.6 Å². The molecule has 0 bridgehead atoms. The summed E-state index contributed by atoms with van der Waals surface area (Å²) in [4.78, 5) is 0. The van der Waals surface area contributed by atoms with Crippen LogP contribution in [0.15, 0.2) is 30.3 Å². The first kappa shape index (κ1) is 13.3. The van der Waals surface area contributed by atoms with Crippen molar-refractivity contribution in [3.05, 3.63) is 63.9 Å². The van der Waals surface area contributed by atoms with E-state index in [0.717, 1.165) is 30.0 Å². The van der Waals surface area contributed by atoms with Crippen molar-refractivity contribution in [2.24, 2.45) is 0 Å². The van der Waals surface area contributed by atoms with Gasteiger partial charge in [0.1, 0.15) is 5.82 Å². The van der Waals surface area contributed by atoms with E-state index in [1.54, 1.807) is 6.07 Å². The zero-order valence-electron chi connectivity index (χ0n) is 10.4. The smallest absolute Gasteiger partial charge is 0.161 e. The predicted molar refractivity (Wildman–Crippen MR) is 72.5 cm³/mol. The van der Waals surface area contributed by atoms with Crippen LogP contribution in [0.25, 0.3) is 0 Å². The summed E-state index contributed by atoms with van der Waals surface area (Å²) in [7, 11) is 0. The molecule has 3 rings (SSSR count). The van der Waals surface area contributed by atoms with Crippen molar-refractivity contribution >= 4 is 17.3 Å². The number of halogens is 4. The van der Waals surface area contributed by atoms with Gasteiger partial charge in [0, 0.05) is 17.2 Å². The zero-order valence-corrected chi connectivity index (χ0v) is 11.1. The SMILES string of the molecule is Fc1cc(F)c(NC2CCc3cc(Cl)ccc32)cc1F. The fourth-order valence-corrected chi connectivity index (χ4v) is 2.75. The molecule has 2 aromatic rings. The Bertz CT molecular complexity index is 672. The molecule has 1 N–H and O–H groups in total. The molecule has 0 aromatic heterocycles. The highest BCUT2D eigenvalue weighted by atomic mass is 35.5. The highest BCUT2D eigenvalue weighted by Gasteiger charge is 2.23. The standard InChI is InChI=1S/C15H11ClF3N/c16-9-2-3-10-8(5-9)1-4-14(10)20-15-7-12(18)11(17)6-13(15)19/h2-3,5-7,14,20H,1,4H2. The summed E-state index contributed by atoms with van der Waals surface area (Å²) < 4.78 is 39.7. The summed E-state index contributed by atoms with van der Waals surface area (Å²) in [5.41, 5.74) is 2.08. The van der Waals surface area contributed by atoms with Crippen molar-refractivity contribution in [2.75, 3.05) is 5.32 Å². The maximum absolute atomic E-state index is 13.6. The van der Waals surface area contributed by atoms with Crippen molar-refractivity contribution in [1.29, 1.82) is 0 Å². The summed E-state index contributed by atoms with van der Waals surface area (Å²) in [5.74, 6) is -3.05. The molecule has 2 aromatic carbocycles. The first-order chi connectivity index (χ1) is 9.54. The second-order valence-corrected chi connectivity index (χ2v) is 5.26. The number of rotatable bonds is 2. The summed E-state index contributed by atoms with van der Waals surface area (Å²) in [6.45, 7) is 0. The third-order valence-corrected chi connectivity index (χ3v) is 3.76. The van der Waals surface area contributed by atoms with Gasteiger partial charge in [0.2, 0.25) is 0 Å². The predicted octanol–water partition coefficient (Wildman–Crippen LogP) is 4.86. The highest BCUT2D eigenvalue weighted by Crippen LogP contribution is 2.36. The number of fused-ring (bicyclic) bond motifs is 1. The maximum Gasteiger partial charge on any atom is 0.161 e. The first-order valence-electron chi connectivity index (χ1n) is 6.24. The monoisotopic (exact) mass is 297 g/mol. The van der Waals surface area contributed by atoms with Gasteiger partial charge in [0.05, 0.1) is 11.7 Å². The van der Waals surface area contributed by atoms with Gasteiger partial charge < -0.3 is 5.32 Å². The molecule has 0 saturated heterocycles. The molecule has 1 aliphatic carbocycles. The average molecular weight is 298 g/mol. The van der Waals surface area contributed by atoms with Crippen molar-refractivity contribution in [3.8, 4) is 0 Å². The Morgan fingerprint density at radius 3 is 2.55 bits per heavy atom. The van der Waals surface area contributed by atoms with Gasteiger partial charge in [0.25, 0.3) is 0 Å². The summed E-state index contributed by atoms with van der Waals surface area (Å²) in [6.07, 6.45) is 1.58. The van der Waals surface area contributed by atoms with Gasteiger partial charge in [-0.15, -0.1) is 0 Å². The molecule has 20 heavy (non-hydrogen) atoms. The molecular formula is C15H11ClF3N. The lowest BCUT2D eigenvalue weighted by molar-refractivity contribution is 0.495. The lowest BCUT2D eigenvalue weighted by Gasteiger charge is -2.16. The average Bonchev–Trinajstić information content (AvgIpc) is 2.78. The minimum absolute atomic E-state index is 0.0308. The topological polar surface area (TPSA) is 12.0 Å². The molecule has 1 unspecified atom stereocenters. The van der Waals surface area contributed by atoms with E-state index < -0.39 is 17.5 Å². The number of hydrogen-bond acceptors (Lipinski definition) is 1. The van der Waals surface area contributed by atoms with Gasteiger partial charge in [-0.2, -0.15) is 0 Å². The minimum atomic E-state index is -1.19. The van der Waals surface area contributed by atoms with Crippen LogP contribution in [0.4, 0.5) is 18.9 Å². The van der Waals surface area contributed by atoms with Crippen molar-refractivity contribution in [3.63, 3.8) is 0 Å². The Balaban J connectivity index is 1.89. The Morgan fingerprint density at radius 2 is 1.75 bits per heavy atom. The molecule has 1 aliphatic rings. The summed E-state index contributed by atoms with van der Waals surface area (Å²) in [5, 5.41) is 3.58. The lowest BCUT2D eigenvalue weighted by atomic mass is 10.1. The van der Waals surface area contributed by atoms with Gasteiger partial charge in [-0.05, 0) is 36.1 Å². The molecule has 0 spiro atoms. The van der Waals surface area contributed by atoms with Crippen LogP contribution in [-0.4, -0.2) is 0 Å². The van der Waals surface area contributed by atoms with Gasteiger partial charge in [-0.25, -0.2) is 13.2 Å². The Kier molecular flexibility index (Phi) is 3.34. The number of aryl methyl sites for hydroxylation is 1. The van der Waals surface area contributed by atoms with Gasteiger partial charge in [0.15, 0.2) is 11.6 Å². The van der Waals surface area contributed by atoms with Crippen LogP contribution in [0.3, 0.4) is 0 Å². The van der Waals surface area contributed by atoms with Crippen LogP contribution in [-0.2, 0) is 6.42 Å². The van der Waals surface area contributed by atoms with Gasteiger partial charge >= 0.3 is 0 Å². The van der Waals surface area contributed by atoms with Gasteiger partial charge in [-0.3, -0.25) is 0 Å². The number of hydrogen-bond donors (Lipinski definition) is 1. The van der Waals surface area contributed by atoms with Crippen molar-refractivity contribution in [1.82, 2.24) is 0 Å². The van der Waals surface area contributed by atoms with Crippen molar-refractivity contribution < 1.29 is 13.2 Å². The molecule has 0 amide bonds. The molecule has 0 fully saturated rings. The van der Waals surface area contributed by atoms with Crippen LogP contribution >= 0.6 is 11.6 Å². The van der Waals surface area contributed by atoms with E-state index in [9.17, 15) is 13.2 Å². The van der Waals surface area contributed by atoms with Crippen LogP contribution in [0.2, 0.25) is 5.02 Å². The minimum Gasteiger partial charge on any atom is -0.376 e. The second-order valence-electron chi connectivity index (χ2n) is 4.82. The van der Waals surface area contributed by atoms with E-state index in [-0.39, 0.29) is 11.7 Å². The quantitative estimate of drug-likeness (QED) is 0.781. The maximum atomic E-state index is 13.6. The molecule has 5 heteroatoms. The van der Waals surface area contributed by atoms with E-state index in [1.807, 2.05) is 12.1 Å². The second kappa shape index (κ2) is 5.02.